The van der Waals surface area contributed by atoms with E-state index in [2.05, 4.69) is 0 Å². The summed E-state index contributed by atoms with van der Waals surface area (Å²) in [6.45, 7) is 3.38. The van der Waals surface area contributed by atoms with Gasteiger partial charge < -0.3 is 5.11 Å². The third kappa shape index (κ3) is 4.29. The Morgan fingerprint density at radius 3 is 2.07 bits per heavy atom. The summed E-state index contributed by atoms with van der Waals surface area (Å²) in [4.78, 5) is 0. The SMILES string of the molecule is CC(C)(O)c1ccc(CS(=O)(=O)P)cc1. The highest BCUT2D eigenvalue weighted by atomic mass is 32.7. The summed E-state index contributed by atoms with van der Waals surface area (Å²) >= 11 is 0. The van der Waals surface area contributed by atoms with Gasteiger partial charge in [0.25, 0.3) is 0 Å². The van der Waals surface area contributed by atoms with E-state index in [1.54, 1.807) is 38.1 Å². The monoisotopic (exact) mass is 246 g/mol. The maximum atomic E-state index is 11.0. The molecule has 0 aliphatic rings. The molecule has 0 aliphatic carbocycles. The minimum atomic E-state index is -3.07. The lowest BCUT2D eigenvalue weighted by Gasteiger charge is -2.17. The van der Waals surface area contributed by atoms with Gasteiger partial charge in [0.2, 0.25) is 0 Å². The van der Waals surface area contributed by atoms with E-state index in [0.29, 0.717) is 0 Å². The Morgan fingerprint density at radius 2 is 1.73 bits per heavy atom. The Kier molecular flexibility index (Phi) is 3.54. The zero-order valence-electron chi connectivity index (χ0n) is 8.77. The third-order valence-electron chi connectivity index (χ3n) is 2.03. The van der Waals surface area contributed by atoms with Gasteiger partial charge in [-0.1, -0.05) is 24.3 Å². The molecule has 0 aliphatic heterocycles. The molecular weight excluding hydrogens is 231 g/mol. The number of hydrogen-bond acceptors (Lipinski definition) is 3. The molecule has 1 unspecified atom stereocenters. The maximum absolute atomic E-state index is 11.0. The Morgan fingerprint density at radius 1 is 1.27 bits per heavy atom. The van der Waals surface area contributed by atoms with E-state index in [-0.39, 0.29) is 5.75 Å². The highest BCUT2D eigenvalue weighted by molar-refractivity contribution is 8.37. The molecule has 0 amide bonds. The minimum absolute atomic E-state index is 0.00377. The molecule has 0 spiro atoms. The summed E-state index contributed by atoms with van der Waals surface area (Å²) < 4.78 is 22.0. The normalized spacial score (nSPS) is 12.8. The molecule has 1 atom stereocenters. The highest BCUT2D eigenvalue weighted by Gasteiger charge is 2.15. The molecule has 1 aromatic carbocycles. The summed E-state index contributed by atoms with van der Waals surface area (Å²) in [5.41, 5.74) is 0.601. The quantitative estimate of drug-likeness (QED) is 0.824. The third-order valence-corrected chi connectivity index (χ3v) is 3.26. The second-order valence-corrected chi connectivity index (χ2v) is 7.83. The van der Waals surface area contributed by atoms with Crippen molar-refractivity contribution in [2.24, 2.45) is 0 Å². The number of rotatable bonds is 3. The van der Waals surface area contributed by atoms with Gasteiger partial charge in [-0.2, -0.15) is 0 Å². The Labute approximate surface area is 92.4 Å². The second-order valence-electron chi connectivity index (χ2n) is 4.06. The first-order chi connectivity index (χ1) is 6.68. The zero-order chi connectivity index (χ0) is 11.7. The van der Waals surface area contributed by atoms with E-state index in [1.165, 1.54) is 0 Å². The number of hydrogen-bond donors (Lipinski definition) is 1. The van der Waals surface area contributed by atoms with Crippen LogP contribution in [0.15, 0.2) is 24.3 Å². The van der Waals surface area contributed by atoms with Gasteiger partial charge in [0.05, 0.1) is 11.4 Å². The van der Waals surface area contributed by atoms with Gasteiger partial charge in [-0.15, -0.1) is 0 Å². The molecule has 84 valence electrons. The molecule has 0 heterocycles. The minimum Gasteiger partial charge on any atom is -0.386 e. The van der Waals surface area contributed by atoms with Crippen molar-refractivity contribution in [2.75, 3.05) is 0 Å². The van der Waals surface area contributed by atoms with Crippen LogP contribution >= 0.6 is 8.44 Å². The fraction of sp³-hybridized carbons (Fsp3) is 0.400. The van der Waals surface area contributed by atoms with Crippen LogP contribution in [0.4, 0.5) is 0 Å². The van der Waals surface area contributed by atoms with E-state index in [4.69, 9.17) is 0 Å². The molecule has 0 aromatic heterocycles. The summed E-state index contributed by atoms with van der Waals surface area (Å²) in [7, 11) is -1.25. The summed E-state index contributed by atoms with van der Waals surface area (Å²) in [6.07, 6.45) is 0. The molecule has 0 bridgehead atoms. The summed E-state index contributed by atoms with van der Waals surface area (Å²) in [5.74, 6) is 0.00377. The van der Waals surface area contributed by atoms with Gasteiger partial charge in [0.15, 0.2) is 9.46 Å². The van der Waals surface area contributed by atoms with Crippen LogP contribution < -0.4 is 0 Å². The van der Waals surface area contributed by atoms with E-state index in [9.17, 15) is 13.5 Å². The van der Waals surface area contributed by atoms with Crippen LogP contribution in [0.25, 0.3) is 0 Å². The summed E-state index contributed by atoms with van der Waals surface area (Å²) in [6, 6.07) is 6.92. The summed E-state index contributed by atoms with van der Waals surface area (Å²) in [5, 5.41) is 9.69. The molecule has 5 heteroatoms. The highest BCUT2D eigenvalue weighted by Crippen LogP contribution is 2.21. The van der Waals surface area contributed by atoms with Crippen LogP contribution in [-0.2, 0) is 20.8 Å². The Balaban J connectivity index is 2.91. The van der Waals surface area contributed by atoms with Crippen molar-refractivity contribution in [2.45, 2.75) is 25.2 Å². The van der Waals surface area contributed by atoms with E-state index >= 15 is 0 Å². The Hall–Kier alpha value is -0.440. The fourth-order valence-electron chi connectivity index (χ4n) is 1.24. The van der Waals surface area contributed by atoms with Gasteiger partial charge in [0.1, 0.15) is 0 Å². The van der Waals surface area contributed by atoms with Crippen LogP contribution in [0.5, 0.6) is 0 Å². The standard InChI is InChI=1S/C10H15O3PS/c1-10(2,11)9-5-3-8(4-6-9)7-15(12,13)14/h3-6,11H,7,14H2,1-2H3. The molecular formula is C10H15O3PS. The first-order valence-electron chi connectivity index (χ1n) is 4.51. The maximum Gasteiger partial charge on any atom is 0.165 e. The van der Waals surface area contributed by atoms with Crippen LogP contribution in [0.3, 0.4) is 0 Å². The number of aliphatic hydroxyl groups is 1. The molecule has 15 heavy (non-hydrogen) atoms. The smallest absolute Gasteiger partial charge is 0.165 e. The molecule has 0 saturated carbocycles. The van der Waals surface area contributed by atoms with Crippen LogP contribution in [0, 0.1) is 0 Å². The van der Waals surface area contributed by atoms with E-state index in [0.717, 1.165) is 11.1 Å². The van der Waals surface area contributed by atoms with E-state index in [1.807, 2.05) is 8.44 Å². The van der Waals surface area contributed by atoms with Gasteiger partial charge >= 0.3 is 0 Å². The van der Waals surface area contributed by atoms with Gasteiger partial charge in [0, 0.05) is 0 Å². The number of benzene rings is 1. The Bertz CT molecular complexity index is 429. The average Bonchev–Trinajstić information content (AvgIpc) is 2.00. The van der Waals surface area contributed by atoms with Gasteiger partial charge in [-0.3, -0.25) is 0 Å². The van der Waals surface area contributed by atoms with Crippen LogP contribution in [0.1, 0.15) is 25.0 Å². The van der Waals surface area contributed by atoms with Crippen molar-refractivity contribution < 1.29 is 13.5 Å². The average molecular weight is 246 g/mol. The first kappa shape index (κ1) is 12.6. The molecule has 1 rings (SSSR count). The van der Waals surface area contributed by atoms with Gasteiger partial charge in [-0.25, -0.2) is 8.42 Å². The second kappa shape index (κ2) is 4.20. The van der Waals surface area contributed by atoms with Crippen molar-refractivity contribution in [3.63, 3.8) is 0 Å². The fourth-order valence-corrected chi connectivity index (χ4v) is 2.48. The van der Waals surface area contributed by atoms with Crippen molar-refractivity contribution in [1.29, 1.82) is 0 Å². The molecule has 3 nitrogen and oxygen atoms in total. The molecule has 1 N–H and O–H groups in total. The lowest BCUT2D eigenvalue weighted by Crippen LogP contribution is -2.15. The van der Waals surface area contributed by atoms with E-state index < -0.39 is 15.1 Å². The molecule has 0 fully saturated rings. The lowest BCUT2D eigenvalue weighted by molar-refractivity contribution is 0.0786. The predicted octanol–water partition coefficient (Wildman–Crippen LogP) is 1.62. The molecule has 0 saturated heterocycles. The van der Waals surface area contributed by atoms with Crippen LogP contribution in [0.2, 0.25) is 0 Å². The van der Waals surface area contributed by atoms with Gasteiger partial charge in [-0.05, 0) is 33.4 Å². The van der Waals surface area contributed by atoms with Crippen molar-refractivity contribution in [1.82, 2.24) is 0 Å². The first-order valence-corrected chi connectivity index (χ1v) is 7.64. The largest absolute Gasteiger partial charge is 0.386 e. The predicted molar refractivity (Wildman–Crippen MR) is 64.0 cm³/mol. The topological polar surface area (TPSA) is 54.4 Å². The lowest BCUT2D eigenvalue weighted by atomic mass is 9.98. The zero-order valence-corrected chi connectivity index (χ0v) is 10.7. The van der Waals surface area contributed by atoms with Crippen molar-refractivity contribution in [3.8, 4) is 0 Å². The molecule has 0 radical (unpaired) electrons. The molecule has 1 aromatic rings. The van der Waals surface area contributed by atoms with Crippen LogP contribution in [-0.4, -0.2) is 13.5 Å². The van der Waals surface area contributed by atoms with Crippen molar-refractivity contribution in [3.05, 3.63) is 35.4 Å². The van der Waals surface area contributed by atoms with Crippen molar-refractivity contribution >= 4 is 17.9 Å².